The minimum atomic E-state index is -2.53. The van der Waals surface area contributed by atoms with Gasteiger partial charge < -0.3 is 32.8 Å². The zero-order chi connectivity index (χ0) is 29.8. The average molecular weight is 589 g/mol. The van der Waals surface area contributed by atoms with Crippen LogP contribution < -0.4 is 10.4 Å². The Labute approximate surface area is 247 Å². The van der Waals surface area contributed by atoms with Gasteiger partial charge in [-0.1, -0.05) is 88.0 Å². The molecule has 9 heteroatoms. The number of benzene rings is 2. The summed E-state index contributed by atoms with van der Waals surface area (Å²) < 4.78 is 39.5. The fourth-order valence-corrected chi connectivity index (χ4v) is 8.86. The Kier molecular flexibility index (Phi) is 16.7. The second-order valence-corrected chi connectivity index (χ2v) is 14.8. The lowest BCUT2D eigenvalue weighted by Gasteiger charge is -2.43. The Balaban J connectivity index is 1.52. The molecule has 2 aromatic rings. The third kappa shape index (κ3) is 12.6. The number of carbonyl (C=O) groups is 1. The quantitative estimate of drug-likeness (QED) is 0.0891. The lowest BCUT2D eigenvalue weighted by atomic mass is 10.2. The number of carbonyl (C=O) groups excluding carboxylic acids is 1. The summed E-state index contributed by atoms with van der Waals surface area (Å²) in [4.78, 5) is 11.2. The van der Waals surface area contributed by atoms with E-state index in [9.17, 15) is 4.79 Å². The first-order chi connectivity index (χ1) is 19.8. The smallest absolute Gasteiger partial charge is 0.333 e. The molecule has 41 heavy (non-hydrogen) atoms. The Morgan fingerprint density at radius 2 is 0.951 bits per heavy atom. The van der Waals surface area contributed by atoms with Crippen molar-refractivity contribution in [2.24, 2.45) is 0 Å². The van der Waals surface area contributed by atoms with Gasteiger partial charge in [0.05, 0.1) is 72.7 Å². The lowest BCUT2D eigenvalue weighted by Crippen LogP contribution is -2.66. The molecule has 0 N–H and O–H groups in total. The molecule has 0 saturated heterocycles. The second kappa shape index (κ2) is 19.7. The molecule has 0 aliphatic heterocycles. The summed E-state index contributed by atoms with van der Waals surface area (Å²) in [5, 5.41) is 2.47. The van der Waals surface area contributed by atoms with E-state index in [2.05, 4.69) is 75.9 Å². The van der Waals surface area contributed by atoms with Gasteiger partial charge in [0.25, 0.3) is 8.32 Å². The highest BCUT2D eigenvalue weighted by Gasteiger charge is 2.49. The normalized spacial score (nSPS) is 11.9. The van der Waals surface area contributed by atoms with Gasteiger partial charge in [0, 0.05) is 5.57 Å². The van der Waals surface area contributed by atoms with Gasteiger partial charge in [-0.2, -0.15) is 0 Å². The zero-order valence-corrected chi connectivity index (χ0v) is 26.2. The molecule has 0 aliphatic carbocycles. The summed E-state index contributed by atoms with van der Waals surface area (Å²) in [5.74, 6) is -0.407. The maximum absolute atomic E-state index is 11.2. The van der Waals surface area contributed by atoms with Crippen LogP contribution in [-0.2, 0) is 37.6 Å². The van der Waals surface area contributed by atoms with E-state index >= 15 is 0 Å². The standard InChI is InChI=1S/C32H48O8Si/c1-28(2)31(33)39-26-24-37-22-20-35-18-16-34-17-19-36-21-23-38-25-27-40-41(32(3,4)5,29-12-8-6-9-13-29)30-14-10-7-11-15-30/h6-15H,1,16-27H2,2-5H3. The summed E-state index contributed by atoms with van der Waals surface area (Å²) in [6, 6.07) is 21.2. The van der Waals surface area contributed by atoms with Crippen LogP contribution in [0.15, 0.2) is 72.8 Å². The van der Waals surface area contributed by atoms with Gasteiger partial charge in [-0.15, -0.1) is 0 Å². The molecule has 2 rings (SSSR count). The summed E-state index contributed by atoms with van der Waals surface area (Å²) in [5.41, 5.74) is 0.375. The highest BCUT2D eigenvalue weighted by atomic mass is 28.4. The van der Waals surface area contributed by atoms with Crippen LogP contribution in [0, 0.1) is 0 Å². The van der Waals surface area contributed by atoms with E-state index in [0.29, 0.717) is 78.2 Å². The van der Waals surface area contributed by atoms with Gasteiger partial charge >= 0.3 is 5.97 Å². The van der Waals surface area contributed by atoms with Crippen molar-refractivity contribution in [1.29, 1.82) is 0 Å². The van der Waals surface area contributed by atoms with E-state index in [1.165, 1.54) is 10.4 Å². The maximum Gasteiger partial charge on any atom is 0.333 e. The highest BCUT2D eigenvalue weighted by Crippen LogP contribution is 2.36. The molecule has 2 aromatic carbocycles. The molecule has 8 nitrogen and oxygen atoms in total. The molecule has 0 aromatic heterocycles. The Hall–Kier alpha value is -2.37. The predicted octanol–water partition coefficient (Wildman–Crippen LogP) is 3.77. The van der Waals surface area contributed by atoms with Crippen LogP contribution in [0.3, 0.4) is 0 Å². The second-order valence-electron chi connectivity index (χ2n) is 10.5. The van der Waals surface area contributed by atoms with Gasteiger partial charge in [-0.05, 0) is 22.3 Å². The van der Waals surface area contributed by atoms with E-state index < -0.39 is 14.3 Å². The Morgan fingerprint density at radius 1 is 0.610 bits per heavy atom. The van der Waals surface area contributed by atoms with Crippen LogP contribution in [-0.4, -0.2) is 93.6 Å². The average Bonchev–Trinajstić information content (AvgIpc) is 2.96. The molecule has 0 fully saturated rings. The highest BCUT2D eigenvalue weighted by molar-refractivity contribution is 6.99. The van der Waals surface area contributed by atoms with Crippen LogP contribution in [0.1, 0.15) is 27.7 Å². The molecule has 0 atom stereocenters. The van der Waals surface area contributed by atoms with Gasteiger partial charge in [0.15, 0.2) is 0 Å². The fourth-order valence-electron chi connectivity index (χ4n) is 4.31. The molecule has 0 saturated carbocycles. The minimum absolute atomic E-state index is 0.0553. The largest absolute Gasteiger partial charge is 0.460 e. The van der Waals surface area contributed by atoms with Crippen molar-refractivity contribution in [2.45, 2.75) is 32.7 Å². The van der Waals surface area contributed by atoms with E-state index in [4.69, 9.17) is 32.8 Å². The van der Waals surface area contributed by atoms with Crippen molar-refractivity contribution < 1.29 is 37.6 Å². The number of ether oxygens (including phenoxy) is 6. The van der Waals surface area contributed by atoms with Crippen LogP contribution in [0.4, 0.5) is 0 Å². The maximum atomic E-state index is 11.2. The van der Waals surface area contributed by atoms with Crippen molar-refractivity contribution in [1.82, 2.24) is 0 Å². The molecular weight excluding hydrogens is 540 g/mol. The number of hydrogen-bond acceptors (Lipinski definition) is 8. The zero-order valence-electron chi connectivity index (χ0n) is 25.2. The molecule has 0 heterocycles. The molecule has 228 valence electrons. The first-order valence-electron chi connectivity index (χ1n) is 14.3. The van der Waals surface area contributed by atoms with Crippen molar-refractivity contribution in [2.75, 3.05) is 79.3 Å². The molecule has 0 aliphatic rings. The van der Waals surface area contributed by atoms with Crippen molar-refractivity contribution >= 4 is 24.7 Å². The Bertz CT molecular complexity index is 939. The van der Waals surface area contributed by atoms with Gasteiger partial charge in [-0.3, -0.25) is 0 Å². The van der Waals surface area contributed by atoms with Crippen LogP contribution in [0.5, 0.6) is 0 Å². The van der Waals surface area contributed by atoms with Gasteiger partial charge in [-0.25, -0.2) is 4.79 Å². The number of rotatable bonds is 22. The van der Waals surface area contributed by atoms with Gasteiger partial charge in [0.2, 0.25) is 0 Å². The topological polar surface area (TPSA) is 81.7 Å². The summed E-state index contributed by atoms with van der Waals surface area (Å²) >= 11 is 0. The fraction of sp³-hybridized carbons (Fsp3) is 0.531. The molecule has 0 unspecified atom stereocenters. The SMILES string of the molecule is C=C(C)C(=O)OCCOCCOCCOCCOCCOCCO[Si](c1ccccc1)(c1ccccc1)C(C)(C)C. The molecule has 0 spiro atoms. The summed E-state index contributed by atoms with van der Waals surface area (Å²) in [7, 11) is -2.53. The molecular formula is C32H48O8Si. The first-order valence-corrected chi connectivity index (χ1v) is 16.2. The van der Waals surface area contributed by atoms with E-state index in [1.54, 1.807) is 6.92 Å². The van der Waals surface area contributed by atoms with Crippen LogP contribution in [0.2, 0.25) is 5.04 Å². The Morgan fingerprint density at radius 3 is 1.29 bits per heavy atom. The minimum Gasteiger partial charge on any atom is -0.460 e. The van der Waals surface area contributed by atoms with Crippen molar-refractivity contribution in [3.05, 3.63) is 72.8 Å². The van der Waals surface area contributed by atoms with Crippen molar-refractivity contribution in [3.63, 3.8) is 0 Å². The van der Waals surface area contributed by atoms with Crippen LogP contribution in [0.25, 0.3) is 0 Å². The number of esters is 1. The lowest BCUT2D eigenvalue weighted by molar-refractivity contribution is -0.140. The summed E-state index contributed by atoms with van der Waals surface area (Å²) in [6.45, 7) is 17.3. The number of hydrogen-bond donors (Lipinski definition) is 0. The summed E-state index contributed by atoms with van der Waals surface area (Å²) in [6.07, 6.45) is 0. The van der Waals surface area contributed by atoms with Crippen molar-refractivity contribution in [3.8, 4) is 0 Å². The predicted molar refractivity (Wildman–Crippen MR) is 163 cm³/mol. The van der Waals surface area contributed by atoms with Gasteiger partial charge in [0.1, 0.15) is 6.61 Å². The molecule has 0 bridgehead atoms. The first kappa shape index (κ1) is 34.8. The van der Waals surface area contributed by atoms with Crippen LogP contribution >= 0.6 is 0 Å². The third-order valence-electron chi connectivity index (χ3n) is 6.26. The third-order valence-corrected chi connectivity index (χ3v) is 11.3. The van der Waals surface area contributed by atoms with E-state index in [-0.39, 0.29) is 11.6 Å². The van der Waals surface area contributed by atoms with E-state index in [0.717, 1.165) is 0 Å². The monoisotopic (exact) mass is 588 g/mol. The van der Waals surface area contributed by atoms with E-state index in [1.807, 2.05) is 12.1 Å². The molecule has 0 radical (unpaired) electrons. The molecule has 0 amide bonds.